The van der Waals surface area contributed by atoms with Gasteiger partial charge in [0.05, 0.1) is 12.5 Å². The highest BCUT2D eigenvalue weighted by atomic mass is 16.5. The zero-order valence-electron chi connectivity index (χ0n) is 24.8. The van der Waals surface area contributed by atoms with Crippen molar-refractivity contribution in [1.29, 1.82) is 0 Å². The number of hydrogen-bond donors (Lipinski definition) is 0. The van der Waals surface area contributed by atoms with E-state index in [-0.39, 0.29) is 56.9 Å². The van der Waals surface area contributed by atoms with Crippen molar-refractivity contribution in [3.8, 4) is 0 Å². The van der Waals surface area contributed by atoms with Gasteiger partial charge in [-0.05, 0) is 85.5 Å². The van der Waals surface area contributed by atoms with Gasteiger partial charge in [-0.1, -0.05) is 54.0 Å². The van der Waals surface area contributed by atoms with Gasteiger partial charge in [0.15, 0.2) is 5.78 Å². The molecule has 0 aliphatic heterocycles. The lowest BCUT2D eigenvalue weighted by atomic mass is 9.33. The number of carbonyl (C=O) groups excluding carboxylic acids is 3. The molecule has 0 aromatic carbocycles. The predicted molar refractivity (Wildman–Crippen MR) is 147 cm³/mol. The molecule has 5 aliphatic rings. The molecule has 38 heavy (non-hydrogen) atoms. The highest BCUT2D eigenvalue weighted by Crippen LogP contribution is 2.75. The minimum absolute atomic E-state index is 0.0325. The number of carbonyl (C=O) groups is 3. The van der Waals surface area contributed by atoms with Crippen molar-refractivity contribution in [1.82, 2.24) is 0 Å². The second kappa shape index (κ2) is 8.28. The first-order chi connectivity index (χ1) is 17.6. The summed E-state index contributed by atoms with van der Waals surface area (Å²) in [5, 5.41) is 0. The fourth-order valence-electron chi connectivity index (χ4n) is 10.9. The summed E-state index contributed by atoms with van der Waals surface area (Å²) in [4.78, 5) is 45.2. The Kier molecular flexibility index (Phi) is 6.01. The number of hydrogen-bond acceptors (Lipinski definition) is 4. The monoisotopic (exact) mass is 521 g/mol. The Morgan fingerprint density at radius 2 is 1.68 bits per heavy atom. The quantitative estimate of drug-likeness (QED) is 0.290. The van der Waals surface area contributed by atoms with Gasteiger partial charge in [0, 0.05) is 23.2 Å². The van der Waals surface area contributed by atoms with Crippen molar-refractivity contribution in [3.05, 3.63) is 23.1 Å². The average molecular weight is 522 g/mol. The molecular weight excluding hydrogens is 474 g/mol. The van der Waals surface area contributed by atoms with Crippen molar-refractivity contribution in [2.24, 2.45) is 50.2 Å². The second-order valence-electron chi connectivity index (χ2n) is 15.3. The van der Waals surface area contributed by atoms with Gasteiger partial charge in [0.25, 0.3) is 6.04 Å². The van der Waals surface area contributed by atoms with Gasteiger partial charge in [0.1, 0.15) is 0 Å². The van der Waals surface area contributed by atoms with E-state index in [0.717, 1.165) is 51.4 Å². The Bertz CT molecular complexity index is 1160. The maximum atomic E-state index is 14.5. The summed E-state index contributed by atoms with van der Waals surface area (Å²) < 4.78 is 5.43. The van der Waals surface area contributed by atoms with Crippen LogP contribution in [0.3, 0.4) is 0 Å². The summed E-state index contributed by atoms with van der Waals surface area (Å²) in [6.45, 7) is 23.5. The highest BCUT2D eigenvalue weighted by molar-refractivity contribution is 5.97. The van der Waals surface area contributed by atoms with Crippen LogP contribution in [0.25, 0.3) is 4.85 Å². The van der Waals surface area contributed by atoms with E-state index in [4.69, 9.17) is 11.3 Å². The van der Waals surface area contributed by atoms with Gasteiger partial charge in [-0.15, -0.1) is 0 Å². The largest absolute Gasteiger partial charge is 0.469 e. The first-order valence-corrected chi connectivity index (χ1v) is 14.9. The fourth-order valence-corrected chi connectivity index (χ4v) is 10.9. The lowest BCUT2D eigenvalue weighted by Crippen LogP contribution is -2.67. The summed E-state index contributed by atoms with van der Waals surface area (Å²) in [6, 6.07) is -0.650. The van der Waals surface area contributed by atoms with Crippen LogP contribution < -0.4 is 0 Å². The van der Waals surface area contributed by atoms with Gasteiger partial charge >= 0.3 is 5.97 Å². The SMILES string of the molecule is [C-]#[N+]C1C[C@]2(C)C3=CC(=O)[C@@H]4[C@@H]5CC(C)(C)CC[C@]5(C(=O)OC)CC[C@@]4(C)[C@]3(C)CC[C@H]2[C@](C)(CC)C1=O. The molecule has 5 nitrogen and oxygen atoms in total. The van der Waals surface area contributed by atoms with Crippen LogP contribution in [-0.2, 0) is 19.1 Å². The summed E-state index contributed by atoms with van der Waals surface area (Å²) in [5.41, 5.74) is -0.743. The Morgan fingerprint density at radius 1 is 1.03 bits per heavy atom. The van der Waals surface area contributed by atoms with Crippen molar-refractivity contribution in [2.45, 2.75) is 112 Å². The van der Waals surface area contributed by atoms with E-state index >= 15 is 0 Å². The van der Waals surface area contributed by atoms with Crippen LogP contribution in [0.2, 0.25) is 0 Å². The van der Waals surface area contributed by atoms with Crippen LogP contribution in [0.15, 0.2) is 11.6 Å². The summed E-state index contributed by atoms with van der Waals surface area (Å²) >= 11 is 0. The Balaban J connectivity index is 1.67. The van der Waals surface area contributed by atoms with Crippen LogP contribution in [0.1, 0.15) is 106 Å². The highest BCUT2D eigenvalue weighted by Gasteiger charge is 2.72. The van der Waals surface area contributed by atoms with Crippen molar-refractivity contribution < 1.29 is 19.1 Å². The van der Waals surface area contributed by atoms with E-state index in [9.17, 15) is 14.4 Å². The number of methoxy groups -OCH3 is 1. The molecule has 5 aliphatic carbocycles. The number of nitrogens with zero attached hydrogens (tertiary/aromatic N) is 1. The molecule has 9 atom stereocenters. The summed E-state index contributed by atoms with van der Waals surface area (Å²) in [5.74, 6) is 0.0000505. The zero-order chi connectivity index (χ0) is 28.1. The molecule has 0 radical (unpaired) electrons. The molecule has 0 spiro atoms. The number of rotatable bonds is 2. The Morgan fingerprint density at radius 3 is 2.29 bits per heavy atom. The fraction of sp³-hybridized carbons (Fsp3) is 0.818. The molecule has 0 heterocycles. The van der Waals surface area contributed by atoms with Gasteiger partial charge in [0.2, 0.25) is 5.78 Å². The van der Waals surface area contributed by atoms with Gasteiger partial charge < -0.3 is 9.58 Å². The molecule has 1 unspecified atom stereocenters. The molecule has 0 aromatic heterocycles. The third-order valence-electron chi connectivity index (χ3n) is 13.4. The third kappa shape index (κ3) is 3.18. The Hall–Kier alpha value is -1.96. The molecule has 4 saturated carbocycles. The number of Topliss-reactive ketones (excluding diaryl/α,β-unsaturated/α-hetero) is 1. The van der Waals surface area contributed by atoms with Crippen LogP contribution in [0.4, 0.5) is 0 Å². The average Bonchev–Trinajstić information content (AvgIpc) is 2.86. The van der Waals surface area contributed by atoms with E-state index in [1.807, 2.05) is 6.08 Å². The lowest BCUT2D eigenvalue weighted by molar-refractivity contribution is -0.193. The first kappa shape index (κ1) is 27.6. The predicted octanol–water partition coefficient (Wildman–Crippen LogP) is 7.00. The first-order valence-electron chi connectivity index (χ1n) is 14.9. The summed E-state index contributed by atoms with van der Waals surface area (Å²) in [7, 11) is 1.49. The van der Waals surface area contributed by atoms with E-state index in [1.54, 1.807) is 0 Å². The molecule has 0 saturated heterocycles. The molecule has 0 N–H and O–H groups in total. The minimum atomic E-state index is -0.650. The van der Waals surface area contributed by atoms with Crippen LogP contribution >= 0.6 is 0 Å². The van der Waals surface area contributed by atoms with Crippen molar-refractivity contribution in [2.75, 3.05) is 7.11 Å². The number of allylic oxidation sites excluding steroid dienone is 2. The lowest BCUT2D eigenvalue weighted by Gasteiger charge is -2.69. The van der Waals surface area contributed by atoms with E-state index in [0.29, 0.717) is 6.42 Å². The molecule has 4 fully saturated rings. The molecule has 5 rings (SSSR count). The molecule has 5 heteroatoms. The molecule has 0 aromatic rings. The van der Waals surface area contributed by atoms with Crippen molar-refractivity contribution >= 4 is 17.5 Å². The number of ketones is 2. The van der Waals surface area contributed by atoms with E-state index in [1.165, 1.54) is 12.7 Å². The number of ether oxygens (including phenoxy) is 1. The van der Waals surface area contributed by atoms with Gasteiger partial charge in [-0.25, -0.2) is 6.57 Å². The maximum Gasteiger partial charge on any atom is 0.312 e. The second-order valence-corrected chi connectivity index (χ2v) is 15.3. The van der Waals surface area contributed by atoms with Gasteiger partial charge in [-0.3, -0.25) is 14.4 Å². The van der Waals surface area contributed by atoms with Crippen LogP contribution in [0.5, 0.6) is 0 Å². The zero-order valence-corrected chi connectivity index (χ0v) is 24.8. The summed E-state index contributed by atoms with van der Waals surface area (Å²) in [6.07, 6.45) is 9.24. The molecule has 0 bridgehead atoms. The standard InChI is InChI=1S/C33H47NO4/c1-10-29(4)23-11-12-31(6)24(30(23,5)19-21(34-8)26(29)36)17-22(35)25-20-18-28(2,3)13-15-33(20,27(37)38-9)16-14-32(25,31)7/h17,20-21,23,25H,10-16,18-19H2,1-7,9H3/t20-,21?,23-,25-,29-,30-,31+,32+,33-/m0/s1. The number of fused-ring (bicyclic) bond motifs is 7. The third-order valence-corrected chi connectivity index (χ3v) is 13.4. The molecule has 208 valence electrons. The molecule has 0 amide bonds. The van der Waals surface area contributed by atoms with Crippen molar-refractivity contribution in [3.63, 3.8) is 0 Å². The minimum Gasteiger partial charge on any atom is -0.469 e. The van der Waals surface area contributed by atoms with E-state index in [2.05, 4.69) is 53.3 Å². The topological polar surface area (TPSA) is 64.8 Å². The normalized spacial score (nSPS) is 49.4. The molecular formula is C33H47NO4. The maximum absolute atomic E-state index is 14.5. The van der Waals surface area contributed by atoms with Gasteiger partial charge in [-0.2, -0.15) is 0 Å². The number of esters is 1. The van der Waals surface area contributed by atoms with Crippen LogP contribution in [0, 0.1) is 56.8 Å². The van der Waals surface area contributed by atoms with E-state index < -0.39 is 16.9 Å². The van der Waals surface area contributed by atoms with Crippen LogP contribution in [-0.4, -0.2) is 30.7 Å². The smallest absolute Gasteiger partial charge is 0.312 e. The Labute approximate surface area is 229 Å².